The number of hydrogen-bond donors (Lipinski definition) is 0. The van der Waals surface area contributed by atoms with Gasteiger partial charge < -0.3 is 0 Å². The highest BCUT2D eigenvalue weighted by atomic mass is 35.5. The van der Waals surface area contributed by atoms with Gasteiger partial charge in [-0.15, -0.1) is 5.10 Å². The minimum atomic E-state index is 0.332. The maximum atomic E-state index is 6.16. The topological polar surface area (TPSA) is 30.7 Å². The van der Waals surface area contributed by atoms with E-state index in [1.807, 2.05) is 43.3 Å². The summed E-state index contributed by atoms with van der Waals surface area (Å²) in [7, 11) is 0. The van der Waals surface area contributed by atoms with Crippen LogP contribution in [0.1, 0.15) is 5.56 Å². The third-order valence-corrected chi connectivity index (χ3v) is 3.45. The minimum absolute atomic E-state index is 0.332. The van der Waals surface area contributed by atoms with Crippen LogP contribution in [0.4, 0.5) is 0 Å². The van der Waals surface area contributed by atoms with Gasteiger partial charge in [-0.3, -0.25) is 0 Å². The highest BCUT2D eigenvalue weighted by Gasteiger charge is 2.11. The fourth-order valence-electron chi connectivity index (χ4n) is 1.86. The number of rotatable bonds is 2. The van der Waals surface area contributed by atoms with Gasteiger partial charge in [0.2, 0.25) is 5.28 Å². The van der Waals surface area contributed by atoms with Crippen molar-refractivity contribution in [3.63, 3.8) is 0 Å². The molecular formula is C15H11Cl2N3. The molecule has 0 amide bonds. The van der Waals surface area contributed by atoms with Crippen molar-refractivity contribution in [1.29, 1.82) is 0 Å². The van der Waals surface area contributed by atoms with Gasteiger partial charge in [0, 0.05) is 10.6 Å². The van der Waals surface area contributed by atoms with Crippen molar-refractivity contribution in [3.05, 3.63) is 64.4 Å². The van der Waals surface area contributed by atoms with Gasteiger partial charge in [-0.2, -0.15) is 4.98 Å². The van der Waals surface area contributed by atoms with Gasteiger partial charge in [-0.05, 0) is 54.9 Å². The summed E-state index contributed by atoms with van der Waals surface area (Å²) in [5.41, 5.74) is 2.94. The molecule has 0 radical (unpaired) electrons. The zero-order valence-electron chi connectivity index (χ0n) is 10.7. The van der Waals surface area contributed by atoms with Crippen molar-refractivity contribution in [1.82, 2.24) is 14.8 Å². The molecule has 2 aromatic carbocycles. The number of aromatic nitrogens is 3. The molecule has 0 atom stereocenters. The Balaban J connectivity index is 2.02. The highest BCUT2D eigenvalue weighted by molar-refractivity contribution is 6.30. The molecule has 0 unspecified atom stereocenters. The fraction of sp³-hybridized carbons (Fsp3) is 0.0667. The number of hydrogen-bond acceptors (Lipinski definition) is 2. The summed E-state index contributed by atoms with van der Waals surface area (Å²) in [6, 6.07) is 15.3. The molecule has 20 heavy (non-hydrogen) atoms. The van der Waals surface area contributed by atoms with Crippen LogP contribution in [-0.2, 0) is 0 Å². The molecule has 0 fully saturated rings. The molecule has 0 aliphatic carbocycles. The van der Waals surface area contributed by atoms with Gasteiger partial charge in [0.05, 0.1) is 5.69 Å². The normalized spacial score (nSPS) is 10.8. The highest BCUT2D eigenvalue weighted by Crippen LogP contribution is 2.22. The van der Waals surface area contributed by atoms with E-state index in [-0.39, 0.29) is 0 Å². The number of halogens is 2. The first-order valence-corrected chi connectivity index (χ1v) is 6.84. The Hall–Kier alpha value is -1.84. The third-order valence-electron chi connectivity index (χ3n) is 2.95. The Morgan fingerprint density at radius 2 is 1.55 bits per heavy atom. The summed E-state index contributed by atoms with van der Waals surface area (Å²) in [6.07, 6.45) is 0. The van der Waals surface area contributed by atoms with Gasteiger partial charge in [0.1, 0.15) is 0 Å². The van der Waals surface area contributed by atoms with E-state index in [1.165, 1.54) is 5.56 Å². The first kappa shape index (κ1) is 13.2. The Morgan fingerprint density at radius 3 is 2.20 bits per heavy atom. The molecule has 3 rings (SSSR count). The Morgan fingerprint density at radius 1 is 0.900 bits per heavy atom. The second-order valence-corrected chi connectivity index (χ2v) is 5.23. The Labute approximate surface area is 126 Å². The van der Waals surface area contributed by atoms with Gasteiger partial charge in [0.15, 0.2) is 5.82 Å². The molecule has 3 aromatic rings. The van der Waals surface area contributed by atoms with Crippen LogP contribution < -0.4 is 0 Å². The van der Waals surface area contributed by atoms with E-state index in [1.54, 1.807) is 16.8 Å². The predicted molar refractivity (Wildman–Crippen MR) is 81.6 cm³/mol. The molecule has 5 heteroatoms. The number of nitrogens with zero attached hydrogens (tertiary/aromatic N) is 3. The first-order valence-electron chi connectivity index (χ1n) is 6.09. The molecule has 0 saturated heterocycles. The summed E-state index contributed by atoms with van der Waals surface area (Å²) >= 11 is 12.0. The minimum Gasteiger partial charge on any atom is -0.203 e. The van der Waals surface area contributed by atoms with Crippen LogP contribution in [0.15, 0.2) is 48.5 Å². The van der Waals surface area contributed by atoms with E-state index in [9.17, 15) is 0 Å². The lowest BCUT2D eigenvalue weighted by Gasteiger charge is -2.01. The Kier molecular flexibility index (Phi) is 3.47. The van der Waals surface area contributed by atoms with E-state index < -0.39 is 0 Å². The molecule has 1 aromatic heterocycles. The van der Waals surface area contributed by atoms with Crippen LogP contribution >= 0.6 is 23.2 Å². The van der Waals surface area contributed by atoms with Crippen LogP contribution in [0.5, 0.6) is 0 Å². The summed E-state index contributed by atoms with van der Waals surface area (Å²) < 4.78 is 1.62. The van der Waals surface area contributed by atoms with Crippen LogP contribution in [0.3, 0.4) is 0 Å². The molecule has 3 nitrogen and oxygen atoms in total. The standard InChI is InChI=1S/C15H11Cl2N3/c1-10-2-8-13(9-3-10)20-15(17)18-14(19-20)11-4-6-12(16)7-5-11/h2-9H,1H3. The van der Waals surface area contributed by atoms with Crippen molar-refractivity contribution < 1.29 is 0 Å². The van der Waals surface area contributed by atoms with Crippen molar-refractivity contribution >= 4 is 23.2 Å². The smallest absolute Gasteiger partial charge is 0.203 e. The molecule has 100 valence electrons. The maximum Gasteiger partial charge on any atom is 0.226 e. The van der Waals surface area contributed by atoms with Crippen LogP contribution in [-0.4, -0.2) is 14.8 Å². The van der Waals surface area contributed by atoms with E-state index >= 15 is 0 Å². The van der Waals surface area contributed by atoms with Crippen molar-refractivity contribution in [2.24, 2.45) is 0 Å². The first-order chi connectivity index (χ1) is 9.63. The van der Waals surface area contributed by atoms with Gasteiger partial charge in [-0.1, -0.05) is 29.3 Å². The fourth-order valence-corrected chi connectivity index (χ4v) is 2.21. The van der Waals surface area contributed by atoms with Crippen LogP contribution in [0.25, 0.3) is 17.1 Å². The van der Waals surface area contributed by atoms with E-state index in [0.29, 0.717) is 16.1 Å². The molecule has 0 spiro atoms. The second-order valence-electron chi connectivity index (χ2n) is 4.46. The largest absolute Gasteiger partial charge is 0.226 e. The molecule has 1 heterocycles. The average Bonchev–Trinajstić information content (AvgIpc) is 2.82. The van der Waals surface area contributed by atoms with Crippen molar-refractivity contribution in [3.8, 4) is 17.1 Å². The zero-order valence-corrected chi connectivity index (χ0v) is 12.2. The zero-order chi connectivity index (χ0) is 14.1. The molecule has 0 aliphatic rings. The molecule has 0 saturated carbocycles. The lowest BCUT2D eigenvalue weighted by atomic mass is 10.2. The second kappa shape index (κ2) is 5.27. The van der Waals surface area contributed by atoms with Gasteiger partial charge in [-0.25, -0.2) is 4.68 Å². The quantitative estimate of drug-likeness (QED) is 0.695. The Bertz CT molecular complexity index is 731. The van der Waals surface area contributed by atoms with Gasteiger partial charge >= 0.3 is 0 Å². The van der Waals surface area contributed by atoms with Crippen molar-refractivity contribution in [2.45, 2.75) is 6.92 Å². The lowest BCUT2D eigenvalue weighted by molar-refractivity contribution is 0.882. The summed E-state index contributed by atoms with van der Waals surface area (Å²) in [5.74, 6) is 0.576. The van der Waals surface area contributed by atoms with Gasteiger partial charge in [0.25, 0.3) is 0 Å². The molecule has 0 N–H and O–H groups in total. The lowest BCUT2D eigenvalue weighted by Crippen LogP contribution is -1.96. The summed E-state index contributed by atoms with van der Waals surface area (Å²) in [4.78, 5) is 4.28. The summed E-state index contributed by atoms with van der Waals surface area (Å²) in [5, 5.41) is 5.45. The molecule has 0 aliphatic heterocycles. The van der Waals surface area contributed by atoms with Crippen LogP contribution in [0, 0.1) is 6.92 Å². The number of benzene rings is 2. The van der Waals surface area contributed by atoms with E-state index in [2.05, 4.69) is 10.1 Å². The molecule has 0 bridgehead atoms. The van der Waals surface area contributed by atoms with Crippen molar-refractivity contribution in [2.75, 3.05) is 0 Å². The number of aryl methyl sites for hydroxylation is 1. The summed E-state index contributed by atoms with van der Waals surface area (Å²) in [6.45, 7) is 2.03. The predicted octanol–water partition coefficient (Wildman–Crippen LogP) is 4.55. The SMILES string of the molecule is Cc1ccc(-n2nc(-c3ccc(Cl)cc3)nc2Cl)cc1. The monoisotopic (exact) mass is 303 g/mol. The van der Waals surface area contributed by atoms with Crippen LogP contribution in [0.2, 0.25) is 10.3 Å². The molecular weight excluding hydrogens is 293 g/mol. The third kappa shape index (κ3) is 2.55. The van der Waals surface area contributed by atoms with E-state index in [0.717, 1.165) is 11.3 Å². The average molecular weight is 304 g/mol. The van der Waals surface area contributed by atoms with E-state index in [4.69, 9.17) is 23.2 Å². The maximum absolute atomic E-state index is 6.16.